The molecule has 3 aromatic rings. The zero-order chi connectivity index (χ0) is 20.1. The Morgan fingerprint density at radius 2 is 1.75 bits per heavy atom. The fourth-order valence-electron chi connectivity index (χ4n) is 2.83. The van der Waals surface area contributed by atoms with E-state index in [1.54, 1.807) is 46.6 Å². The first-order chi connectivity index (χ1) is 13.6. The van der Waals surface area contributed by atoms with Crippen molar-refractivity contribution in [3.63, 3.8) is 0 Å². The predicted octanol–water partition coefficient (Wildman–Crippen LogP) is 4.85. The first-order valence-electron chi connectivity index (χ1n) is 8.65. The minimum atomic E-state index is -0.378. The summed E-state index contributed by atoms with van der Waals surface area (Å²) in [6.07, 6.45) is 1.66. The molecule has 0 unspecified atom stereocenters. The summed E-state index contributed by atoms with van der Waals surface area (Å²) in [5.41, 5.74) is 1.23. The minimum absolute atomic E-state index is 0.305. The topological polar surface area (TPSA) is 66.4 Å². The third-order valence-corrected chi connectivity index (χ3v) is 5.15. The number of rotatable bonds is 7. The summed E-state index contributed by atoms with van der Waals surface area (Å²) in [4.78, 5) is 17.1. The van der Waals surface area contributed by atoms with Crippen LogP contribution in [0.5, 0.6) is 17.2 Å². The van der Waals surface area contributed by atoms with Gasteiger partial charge in [-0.25, -0.2) is 9.79 Å². The Morgan fingerprint density at radius 1 is 1.07 bits per heavy atom. The van der Waals surface area contributed by atoms with Crippen LogP contribution in [0.3, 0.4) is 0 Å². The van der Waals surface area contributed by atoms with Gasteiger partial charge in [-0.3, -0.25) is 0 Å². The highest BCUT2D eigenvalue weighted by Gasteiger charge is 2.19. The Balaban J connectivity index is 2.06. The molecule has 0 atom stereocenters. The molecule has 2 aromatic carbocycles. The van der Waals surface area contributed by atoms with Crippen molar-refractivity contribution in [2.45, 2.75) is 6.92 Å². The van der Waals surface area contributed by atoms with Crippen LogP contribution in [0.25, 0.3) is 10.1 Å². The second-order valence-electron chi connectivity index (χ2n) is 5.72. The Hall–Kier alpha value is -3.06. The summed E-state index contributed by atoms with van der Waals surface area (Å²) < 4.78 is 22.3. The lowest BCUT2D eigenvalue weighted by Crippen LogP contribution is -2.03. The molecule has 1 aromatic heterocycles. The molecule has 7 heteroatoms. The standard InChI is InChI=1S/C21H21NO5S/c1-5-27-21(23)18-14-8-6-7-9-17(14)28-20(18)22-12-13-10-15(24-2)19(26-4)16(11-13)25-3/h6-12H,5H2,1-4H3. The highest BCUT2D eigenvalue weighted by Crippen LogP contribution is 2.40. The van der Waals surface area contributed by atoms with Crippen molar-refractivity contribution in [2.24, 2.45) is 4.99 Å². The molecular weight excluding hydrogens is 378 g/mol. The molecule has 0 aliphatic heterocycles. The van der Waals surface area contributed by atoms with E-state index >= 15 is 0 Å². The Bertz CT molecular complexity index is 1000. The van der Waals surface area contributed by atoms with E-state index < -0.39 is 0 Å². The molecule has 6 nitrogen and oxygen atoms in total. The van der Waals surface area contributed by atoms with Crippen LogP contribution in [0.1, 0.15) is 22.8 Å². The quantitative estimate of drug-likeness (QED) is 0.419. The maximum atomic E-state index is 12.5. The van der Waals surface area contributed by atoms with E-state index in [0.717, 1.165) is 15.6 Å². The lowest BCUT2D eigenvalue weighted by molar-refractivity contribution is 0.0530. The fourth-order valence-corrected chi connectivity index (χ4v) is 3.87. The summed E-state index contributed by atoms with van der Waals surface area (Å²) in [5.74, 6) is 1.20. The van der Waals surface area contributed by atoms with Crippen LogP contribution in [0, 0.1) is 0 Å². The number of methoxy groups -OCH3 is 3. The van der Waals surface area contributed by atoms with Crippen LogP contribution >= 0.6 is 11.3 Å². The molecule has 3 rings (SSSR count). The van der Waals surface area contributed by atoms with Gasteiger partial charge in [-0.05, 0) is 25.1 Å². The number of benzene rings is 2. The Morgan fingerprint density at radius 3 is 2.36 bits per heavy atom. The van der Waals surface area contributed by atoms with E-state index in [2.05, 4.69) is 4.99 Å². The van der Waals surface area contributed by atoms with Gasteiger partial charge in [-0.2, -0.15) is 0 Å². The summed E-state index contributed by atoms with van der Waals surface area (Å²) in [6.45, 7) is 2.09. The van der Waals surface area contributed by atoms with E-state index in [1.165, 1.54) is 11.3 Å². The average molecular weight is 399 g/mol. The van der Waals surface area contributed by atoms with Crippen molar-refractivity contribution in [3.05, 3.63) is 47.5 Å². The van der Waals surface area contributed by atoms with Crippen molar-refractivity contribution in [3.8, 4) is 17.2 Å². The predicted molar refractivity (Wildman–Crippen MR) is 111 cm³/mol. The van der Waals surface area contributed by atoms with Crippen LogP contribution in [-0.4, -0.2) is 40.1 Å². The van der Waals surface area contributed by atoms with Crippen molar-refractivity contribution >= 4 is 38.6 Å². The molecule has 0 saturated heterocycles. The van der Waals surface area contributed by atoms with Gasteiger partial charge >= 0.3 is 5.97 Å². The molecule has 0 amide bonds. The van der Waals surface area contributed by atoms with Gasteiger partial charge in [0.25, 0.3) is 0 Å². The zero-order valence-corrected chi connectivity index (χ0v) is 17.0. The van der Waals surface area contributed by atoms with Gasteiger partial charge in [0, 0.05) is 21.9 Å². The number of aliphatic imine (C=N–C) groups is 1. The van der Waals surface area contributed by atoms with E-state index in [0.29, 0.717) is 34.4 Å². The summed E-state index contributed by atoms with van der Waals surface area (Å²) in [5, 5.41) is 1.43. The number of hydrogen-bond donors (Lipinski definition) is 0. The van der Waals surface area contributed by atoms with E-state index in [9.17, 15) is 4.79 Å². The number of ether oxygens (including phenoxy) is 4. The van der Waals surface area contributed by atoms with Gasteiger partial charge in [0.05, 0.1) is 27.9 Å². The molecule has 146 valence electrons. The van der Waals surface area contributed by atoms with E-state index in [4.69, 9.17) is 18.9 Å². The van der Waals surface area contributed by atoms with Gasteiger partial charge in [0.15, 0.2) is 11.5 Å². The number of esters is 1. The smallest absolute Gasteiger partial charge is 0.341 e. The maximum absolute atomic E-state index is 12.5. The average Bonchev–Trinajstić information content (AvgIpc) is 3.09. The second kappa shape index (κ2) is 8.75. The van der Waals surface area contributed by atoms with Crippen LogP contribution in [0.15, 0.2) is 41.4 Å². The first-order valence-corrected chi connectivity index (χ1v) is 9.47. The number of carbonyl (C=O) groups excluding carboxylic acids is 1. The molecule has 28 heavy (non-hydrogen) atoms. The molecule has 0 aliphatic carbocycles. The highest BCUT2D eigenvalue weighted by molar-refractivity contribution is 7.23. The molecule has 0 saturated carbocycles. The van der Waals surface area contributed by atoms with Gasteiger partial charge in [0.1, 0.15) is 10.6 Å². The van der Waals surface area contributed by atoms with Crippen molar-refractivity contribution in [2.75, 3.05) is 27.9 Å². The highest BCUT2D eigenvalue weighted by atomic mass is 32.1. The summed E-state index contributed by atoms with van der Waals surface area (Å²) in [7, 11) is 4.67. The molecule has 0 bridgehead atoms. The van der Waals surface area contributed by atoms with Crippen LogP contribution in [0.2, 0.25) is 0 Å². The zero-order valence-electron chi connectivity index (χ0n) is 16.1. The second-order valence-corrected chi connectivity index (χ2v) is 6.75. The SMILES string of the molecule is CCOC(=O)c1c(N=Cc2cc(OC)c(OC)c(OC)c2)sc2ccccc12. The fraction of sp³-hybridized carbons (Fsp3) is 0.238. The monoisotopic (exact) mass is 399 g/mol. The molecule has 0 fully saturated rings. The summed E-state index contributed by atoms with van der Waals surface area (Å²) in [6, 6.07) is 11.3. The van der Waals surface area contributed by atoms with Gasteiger partial charge in [-0.1, -0.05) is 18.2 Å². The van der Waals surface area contributed by atoms with Gasteiger partial charge < -0.3 is 18.9 Å². The number of carbonyl (C=O) groups is 1. The van der Waals surface area contributed by atoms with Crippen LogP contribution < -0.4 is 14.2 Å². The van der Waals surface area contributed by atoms with Crippen molar-refractivity contribution < 1.29 is 23.7 Å². The number of hydrogen-bond acceptors (Lipinski definition) is 7. The van der Waals surface area contributed by atoms with E-state index in [1.807, 2.05) is 24.3 Å². The molecule has 0 radical (unpaired) electrons. The first kappa shape index (κ1) is 19.7. The molecule has 0 aliphatic rings. The minimum Gasteiger partial charge on any atom is -0.493 e. The van der Waals surface area contributed by atoms with Gasteiger partial charge in [0.2, 0.25) is 5.75 Å². The van der Waals surface area contributed by atoms with Crippen molar-refractivity contribution in [1.82, 2.24) is 0 Å². The normalized spacial score (nSPS) is 11.0. The van der Waals surface area contributed by atoms with Crippen molar-refractivity contribution in [1.29, 1.82) is 0 Å². The number of fused-ring (bicyclic) bond motifs is 1. The molecular formula is C21H21NO5S. The largest absolute Gasteiger partial charge is 0.493 e. The molecule has 0 spiro atoms. The van der Waals surface area contributed by atoms with Crippen LogP contribution in [0.4, 0.5) is 5.00 Å². The molecule has 0 N–H and O–H groups in total. The lowest BCUT2D eigenvalue weighted by Gasteiger charge is -2.12. The number of thiophene rings is 1. The maximum Gasteiger partial charge on any atom is 0.341 e. The van der Waals surface area contributed by atoms with E-state index in [-0.39, 0.29) is 5.97 Å². The third-order valence-electron chi connectivity index (χ3n) is 4.07. The number of nitrogens with zero attached hydrogens (tertiary/aromatic N) is 1. The Kier molecular flexibility index (Phi) is 6.16. The third kappa shape index (κ3) is 3.80. The van der Waals surface area contributed by atoms with Crippen LogP contribution in [-0.2, 0) is 4.74 Å². The summed E-state index contributed by atoms with van der Waals surface area (Å²) >= 11 is 1.44. The lowest BCUT2D eigenvalue weighted by atomic mass is 10.1. The molecule has 1 heterocycles. The van der Waals surface area contributed by atoms with Gasteiger partial charge in [-0.15, -0.1) is 11.3 Å². The Labute approximate surface area is 167 Å².